The minimum Gasteiger partial charge on any atom is -0.296 e. The molecule has 0 radical (unpaired) electrons. The lowest BCUT2D eigenvalue weighted by Crippen LogP contribution is -2.30. The third kappa shape index (κ3) is 2.25. The van der Waals surface area contributed by atoms with E-state index in [1.807, 2.05) is 18.2 Å². The van der Waals surface area contributed by atoms with Crippen LogP contribution in [0.5, 0.6) is 0 Å². The Morgan fingerprint density at radius 3 is 2.64 bits per heavy atom. The second kappa shape index (κ2) is 5.65. The Balaban J connectivity index is 1.83. The highest BCUT2D eigenvalue weighted by Crippen LogP contribution is 2.21. The molecule has 0 spiro atoms. The van der Waals surface area contributed by atoms with Gasteiger partial charge in [0.1, 0.15) is 5.82 Å². The third-order valence-electron chi connectivity index (χ3n) is 4.51. The van der Waals surface area contributed by atoms with Gasteiger partial charge in [0.25, 0.3) is 0 Å². The van der Waals surface area contributed by atoms with E-state index in [9.17, 15) is 0 Å². The van der Waals surface area contributed by atoms with Gasteiger partial charge in [0.15, 0.2) is 11.5 Å². The molecule has 5 nitrogen and oxygen atoms in total. The van der Waals surface area contributed by atoms with Crippen LogP contribution in [0.1, 0.15) is 37.8 Å². The summed E-state index contributed by atoms with van der Waals surface area (Å²) in [5, 5.41) is 10.0. The fourth-order valence-corrected chi connectivity index (χ4v) is 3.37. The zero-order chi connectivity index (χ0) is 14.9. The van der Waals surface area contributed by atoms with Crippen molar-refractivity contribution in [1.29, 1.82) is 0 Å². The Morgan fingerprint density at radius 1 is 1.00 bits per heavy atom. The fourth-order valence-electron chi connectivity index (χ4n) is 3.37. The van der Waals surface area contributed by atoms with E-state index in [1.54, 1.807) is 0 Å². The average Bonchev–Trinajstić information content (AvgIpc) is 2.99. The van der Waals surface area contributed by atoms with Crippen LogP contribution in [-0.2, 0) is 13.0 Å². The number of rotatable bonds is 3. The van der Waals surface area contributed by atoms with Crippen LogP contribution in [0.25, 0.3) is 16.6 Å². The summed E-state index contributed by atoms with van der Waals surface area (Å²) in [5.74, 6) is 2.07. The van der Waals surface area contributed by atoms with E-state index in [4.69, 9.17) is 4.98 Å². The van der Waals surface area contributed by atoms with Crippen molar-refractivity contribution in [2.45, 2.75) is 39.2 Å². The van der Waals surface area contributed by atoms with E-state index in [2.05, 4.69) is 32.5 Å². The highest BCUT2D eigenvalue weighted by atomic mass is 15.3. The van der Waals surface area contributed by atoms with Gasteiger partial charge in [-0.05, 0) is 38.1 Å². The first-order chi connectivity index (χ1) is 10.9. The largest absolute Gasteiger partial charge is 0.296 e. The van der Waals surface area contributed by atoms with Gasteiger partial charge >= 0.3 is 0 Å². The second-order valence-electron chi connectivity index (χ2n) is 6.01. The molecular formula is C17H21N5. The highest BCUT2D eigenvalue weighted by molar-refractivity contribution is 5.91. The summed E-state index contributed by atoms with van der Waals surface area (Å²) in [5.41, 5.74) is 1.94. The number of piperidine rings is 1. The summed E-state index contributed by atoms with van der Waals surface area (Å²) in [6, 6.07) is 8.19. The second-order valence-corrected chi connectivity index (χ2v) is 6.01. The van der Waals surface area contributed by atoms with E-state index < -0.39 is 0 Å². The summed E-state index contributed by atoms with van der Waals surface area (Å²) in [6.45, 7) is 5.34. The fraction of sp³-hybridized carbons (Fsp3) is 0.471. The molecule has 3 heterocycles. The SMILES string of the molecule is CCc1nc2ccccc2c2nnc(CN3CCCCC3)n12. The van der Waals surface area contributed by atoms with Crippen LogP contribution < -0.4 is 0 Å². The summed E-state index contributed by atoms with van der Waals surface area (Å²) in [6.07, 6.45) is 4.81. The smallest absolute Gasteiger partial charge is 0.171 e. The molecule has 0 saturated carbocycles. The van der Waals surface area contributed by atoms with Gasteiger partial charge in [-0.25, -0.2) is 4.98 Å². The zero-order valence-electron chi connectivity index (χ0n) is 13.0. The molecular weight excluding hydrogens is 274 g/mol. The summed E-state index contributed by atoms with van der Waals surface area (Å²) in [4.78, 5) is 7.29. The first-order valence-corrected chi connectivity index (χ1v) is 8.21. The van der Waals surface area contributed by atoms with Gasteiger partial charge in [0.05, 0.1) is 12.1 Å². The van der Waals surface area contributed by atoms with Crippen LogP contribution in [0, 0.1) is 0 Å². The Labute approximate surface area is 130 Å². The summed E-state index contributed by atoms with van der Waals surface area (Å²) < 4.78 is 2.16. The molecule has 0 N–H and O–H groups in total. The van der Waals surface area contributed by atoms with E-state index >= 15 is 0 Å². The first-order valence-electron chi connectivity index (χ1n) is 8.21. The molecule has 0 aliphatic carbocycles. The molecule has 1 fully saturated rings. The molecule has 114 valence electrons. The van der Waals surface area contributed by atoms with Crippen LogP contribution in [-0.4, -0.2) is 37.6 Å². The van der Waals surface area contributed by atoms with Crippen molar-refractivity contribution in [3.05, 3.63) is 35.9 Å². The Hall–Kier alpha value is -2.01. The molecule has 1 aliphatic rings. The molecule has 0 atom stereocenters. The maximum Gasteiger partial charge on any atom is 0.171 e. The van der Waals surface area contributed by atoms with Crippen molar-refractivity contribution in [3.63, 3.8) is 0 Å². The number of hydrogen-bond acceptors (Lipinski definition) is 4. The normalized spacial score (nSPS) is 16.6. The minimum atomic E-state index is 0.869. The standard InChI is InChI=1S/C17H21N5/c1-2-15-18-14-9-5-4-8-13(14)17-20-19-16(22(15)17)12-21-10-6-3-7-11-21/h4-5,8-9H,2-3,6-7,10-12H2,1H3. The van der Waals surface area contributed by atoms with E-state index in [0.29, 0.717) is 0 Å². The predicted octanol–water partition coefficient (Wildman–Crippen LogP) is 2.83. The minimum absolute atomic E-state index is 0.869. The maximum atomic E-state index is 4.81. The van der Waals surface area contributed by atoms with Crippen LogP contribution in [0.3, 0.4) is 0 Å². The van der Waals surface area contributed by atoms with Crippen LogP contribution in [0.2, 0.25) is 0 Å². The number of hydrogen-bond donors (Lipinski definition) is 0. The molecule has 22 heavy (non-hydrogen) atoms. The Morgan fingerprint density at radius 2 is 1.82 bits per heavy atom. The maximum absolute atomic E-state index is 4.81. The van der Waals surface area contributed by atoms with Crippen LogP contribution in [0.4, 0.5) is 0 Å². The van der Waals surface area contributed by atoms with E-state index in [-0.39, 0.29) is 0 Å². The summed E-state index contributed by atoms with van der Waals surface area (Å²) >= 11 is 0. The molecule has 4 rings (SSSR count). The quantitative estimate of drug-likeness (QED) is 0.745. The van der Waals surface area contributed by atoms with Crippen molar-refractivity contribution in [3.8, 4) is 0 Å². The number of nitrogens with zero attached hydrogens (tertiary/aromatic N) is 5. The van der Waals surface area contributed by atoms with Crippen LogP contribution in [0.15, 0.2) is 24.3 Å². The zero-order valence-corrected chi connectivity index (χ0v) is 13.0. The number of para-hydroxylation sites is 1. The Bertz CT molecular complexity index is 801. The van der Waals surface area contributed by atoms with E-state index in [0.717, 1.165) is 54.3 Å². The van der Waals surface area contributed by atoms with Gasteiger partial charge in [-0.15, -0.1) is 10.2 Å². The average molecular weight is 295 g/mol. The topological polar surface area (TPSA) is 46.3 Å². The molecule has 0 bridgehead atoms. The molecule has 3 aromatic rings. The molecule has 1 aromatic carbocycles. The molecule has 0 amide bonds. The van der Waals surface area contributed by atoms with Crippen molar-refractivity contribution in [2.24, 2.45) is 0 Å². The summed E-state index contributed by atoms with van der Waals surface area (Å²) in [7, 11) is 0. The number of likely N-dealkylation sites (tertiary alicyclic amines) is 1. The Kier molecular flexibility index (Phi) is 3.50. The number of fused-ring (bicyclic) bond motifs is 3. The molecule has 1 aliphatic heterocycles. The van der Waals surface area contributed by atoms with Crippen molar-refractivity contribution in [1.82, 2.24) is 24.5 Å². The first kappa shape index (κ1) is 13.6. The van der Waals surface area contributed by atoms with Gasteiger partial charge < -0.3 is 0 Å². The molecule has 1 saturated heterocycles. The predicted molar refractivity (Wildman–Crippen MR) is 86.8 cm³/mol. The lowest BCUT2D eigenvalue weighted by molar-refractivity contribution is 0.215. The lowest BCUT2D eigenvalue weighted by Gasteiger charge is -2.25. The van der Waals surface area contributed by atoms with E-state index in [1.165, 1.54) is 19.3 Å². The van der Waals surface area contributed by atoms with Gasteiger partial charge in [-0.1, -0.05) is 25.5 Å². The van der Waals surface area contributed by atoms with Gasteiger partial charge in [-0.3, -0.25) is 9.30 Å². The number of aryl methyl sites for hydroxylation is 1. The van der Waals surface area contributed by atoms with Crippen molar-refractivity contribution >= 4 is 16.6 Å². The van der Waals surface area contributed by atoms with Gasteiger partial charge in [0, 0.05) is 11.8 Å². The van der Waals surface area contributed by atoms with Crippen molar-refractivity contribution in [2.75, 3.05) is 13.1 Å². The lowest BCUT2D eigenvalue weighted by atomic mass is 10.1. The molecule has 0 unspecified atom stereocenters. The van der Waals surface area contributed by atoms with Crippen LogP contribution >= 0.6 is 0 Å². The van der Waals surface area contributed by atoms with Crippen molar-refractivity contribution < 1.29 is 0 Å². The monoisotopic (exact) mass is 295 g/mol. The van der Waals surface area contributed by atoms with Gasteiger partial charge in [-0.2, -0.15) is 0 Å². The number of benzene rings is 1. The highest BCUT2D eigenvalue weighted by Gasteiger charge is 2.17. The third-order valence-corrected chi connectivity index (χ3v) is 4.51. The molecule has 5 heteroatoms. The number of aromatic nitrogens is 4. The molecule has 2 aromatic heterocycles. The van der Waals surface area contributed by atoms with Gasteiger partial charge in [0.2, 0.25) is 0 Å².